The number of nitrogens with zero attached hydrogens (tertiary/aromatic N) is 2. The van der Waals surface area contributed by atoms with Crippen molar-refractivity contribution in [3.63, 3.8) is 0 Å². The van der Waals surface area contributed by atoms with Crippen molar-refractivity contribution >= 4 is 28.3 Å². The fourth-order valence-electron chi connectivity index (χ4n) is 2.67. The number of fused-ring (bicyclic) bond motifs is 1. The molecule has 0 bridgehead atoms. The van der Waals surface area contributed by atoms with E-state index in [9.17, 15) is 19.5 Å². The Hall–Kier alpha value is -3.68. The first-order chi connectivity index (χ1) is 13.0. The minimum absolute atomic E-state index is 0.147. The maximum atomic E-state index is 12.5. The Labute approximate surface area is 154 Å². The summed E-state index contributed by atoms with van der Waals surface area (Å²) in [5, 5.41) is 18.1. The van der Waals surface area contributed by atoms with Gasteiger partial charge in [-0.2, -0.15) is 5.10 Å². The first kappa shape index (κ1) is 18.1. The Morgan fingerprint density at radius 1 is 1.11 bits per heavy atom. The molecule has 0 aliphatic carbocycles. The Kier molecular flexibility index (Phi) is 5.16. The van der Waals surface area contributed by atoms with E-state index in [0.717, 1.165) is 4.68 Å². The maximum absolute atomic E-state index is 12.5. The third-order valence-electron chi connectivity index (χ3n) is 3.82. The number of para-hydroxylation sites is 2. The quantitative estimate of drug-likeness (QED) is 0.690. The summed E-state index contributed by atoms with van der Waals surface area (Å²) in [6, 6.07) is 13.0. The van der Waals surface area contributed by atoms with Crippen LogP contribution in [0.1, 0.15) is 17.4 Å². The maximum Gasteiger partial charge on any atom is 0.275 e. The summed E-state index contributed by atoms with van der Waals surface area (Å²) in [5.41, 5.74) is -0.519. The lowest BCUT2D eigenvalue weighted by Gasteiger charge is -2.13. The summed E-state index contributed by atoms with van der Waals surface area (Å²) in [7, 11) is 0. The van der Waals surface area contributed by atoms with Crippen molar-refractivity contribution in [2.75, 3.05) is 11.9 Å². The molecule has 0 saturated heterocycles. The number of ether oxygens (including phenoxy) is 1. The number of amides is 1. The van der Waals surface area contributed by atoms with E-state index < -0.39 is 29.7 Å². The number of anilines is 1. The monoisotopic (exact) mass is 366 g/mol. The summed E-state index contributed by atoms with van der Waals surface area (Å²) in [4.78, 5) is 36.3. The first-order valence-electron chi connectivity index (χ1n) is 8.24. The predicted octanol–water partition coefficient (Wildman–Crippen LogP) is 0.797. The molecule has 138 valence electrons. The Morgan fingerprint density at radius 3 is 2.48 bits per heavy atom. The molecular weight excluding hydrogens is 350 g/mol. The summed E-state index contributed by atoms with van der Waals surface area (Å²) in [6.07, 6.45) is 0. The zero-order valence-corrected chi connectivity index (χ0v) is 14.5. The number of hydrogen-bond acceptors (Lipinski definition) is 6. The molecule has 0 radical (unpaired) electrons. The number of carboxylic acid groups (broad SMARTS) is 1. The van der Waals surface area contributed by atoms with Crippen molar-refractivity contribution in [2.24, 2.45) is 0 Å². The highest BCUT2D eigenvalue weighted by atomic mass is 16.5. The molecular formula is C19H16N3O5-. The SMILES string of the molecule is CCOc1ccccc1NC(=O)Cn1nc(C(=O)[O-])c2ccccc2c1=O. The number of aromatic nitrogens is 2. The molecule has 1 aromatic heterocycles. The molecule has 0 spiro atoms. The minimum Gasteiger partial charge on any atom is -0.543 e. The average Bonchev–Trinajstić information content (AvgIpc) is 2.65. The van der Waals surface area contributed by atoms with E-state index in [1.165, 1.54) is 12.1 Å². The standard InChI is InChI=1S/C19H17N3O5/c1-2-27-15-10-6-5-9-14(15)20-16(23)11-22-18(24)13-8-4-3-7-12(13)17(21-22)19(25)26/h3-10H,2,11H2,1H3,(H,20,23)(H,25,26)/p-1. The number of benzene rings is 2. The molecule has 0 saturated carbocycles. The molecule has 8 heteroatoms. The van der Waals surface area contributed by atoms with Gasteiger partial charge in [0.1, 0.15) is 18.0 Å². The summed E-state index contributed by atoms with van der Waals surface area (Å²) in [6.45, 7) is 1.79. The number of aromatic carboxylic acids is 1. The summed E-state index contributed by atoms with van der Waals surface area (Å²) < 4.78 is 6.25. The fraction of sp³-hybridized carbons (Fsp3) is 0.158. The molecule has 0 atom stereocenters. The van der Waals surface area contributed by atoms with Gasteiger partial charge >= 0.3 is 0 Å². The van der Waals surface area contributed by atoms with Crippen LogP contribution in [-0.4, -0.2) is 28.3 Å². The average molecular weight is 366 g/mol. The first-order valence-corrected chi connectivity index (χ1v) is 8.24. The topological polar surface area (TPSA) is 113 Å². The molecule has 0 aliphatic heterocycles. The highest BCUT2D eigenvalue weighted by Gasteiger charge is 2.14. The van der Waals surface area contributed by atoms with Crippen molar-refractivity contribution in [2.45, 2.75) is 13.5 Å². The Bertz CT molecular complexity index is 1070. The van der Waals surface area contributed by atoms with Crippen molar-refractivity contribution < 1.29 is 19.4 Å². The number of carboxylic acids is 1. The number of nitrogens with one attached hydrogen (secondary N) is 1. The molecule has 2 aromatic carbocycles. The summed E-state index contributed by atoms with van der Waals surface area (Å²) in [5.74, 6) is -1.58. The number of carbonyl (C=O) groups excluding carboxylic acids is 2. The third kappa shape index (κ3) is 3.79. The van der Waals surface area contributed by atoms with Crippen molar-refractivity contribution in [1.29, 1.82) is 0 Å². The minimum atomic E-state index is -1.53. The molecule has 8 nitrogen and oxygen atoms in total. The molecule has 27 heavy (non-hydrogen) atoms. The van der Waals surface area contributed by atoms with Gasteiger partial charge in [0, 0.05) is 5.39 Å². The van der Waals surface area contributed by atoms with Gasteiger partial charge in [0.2, 0.25) is 5.91 Å². The van der Waals surface area contributed by atoms with Gasteiger partial charge in [-0.3, -0.25) is 9.59 Å². The van der Waals surface area contributed by atoms with Crippen LogP contribution in [0.25, 0.3) is 10.8 Å². The second kappa shape index (κ2) is 7.69. The van der Waals surface area contributed by atoms with Crippen LogP contribution in [0, 0.1) is 0 Å². The van der Waals surface area contributed by atoms with Crippen LogP contribution >= 0.6 is 0 Å². The van der Waals surface area contributed by atoms with Gasteiger partial charge in [-0.25, -0.2) is 4.68 Å². The van der Waals surface area contributed by atoms with Crippen molar-refractivity contribution in [3.05, 3.63) is 64.6 Å². The predicted molar refractivity (Wildman–Crippen MR) is 96.6 cm³/mol. The third-order valence-corrected chi connectivity index (χ3v) is 3.82. The largest absolute Gasteiger partial charge is 0.543 e. The molecule has 0 aliphatic rings. The molecule has 1 N–H and O–H groups in total. The lowest BCUT2D eigenvalue weighted by atomic mass is 10.1. The Morgan fingerprint density at radius 2 is 1.78 bits per heavy atom. The molecule has 3 rings (SSSR count). The van der Waals surface area contributed by atoms with Crippen LogP contribution in [0.5, 0.6) is 5.75 Å². The van der Waals surface area contributed by atoms with E-state index in [-0.39, 0.29) is 10.8 Å². The number of rotatable bonds is 6. The van der Waals surface area contributed by atoms with E-state index in [1.54, 1.807) is 36.4 Å². The second-order valence-corrected chi connectivity index (χ2v) is 5.62. The zero-order chi connectivity index (χ0) is 19.4. The number of carbonyl (C=O) groups is 2. The van der Waals surface area contributed by atoms with Crippen LogP contribution in [0.2, 0.25) is 0 Å². The highest BCUT2D eigenvalue weighted by Crippen LogP contribution is 2.23. The van der Waals surface area contributed by atoms with E-state index in [4.69, 9.17) is 4.74 Å². The van der Waals surface area contributed by atoms with Gasteiger partial charge in [-0.05, 0) is 25.1 Å². The van der Waals surface area contributed by atoms with Crippen LogP contribution in [-0.2, 0) is 11.3 Å². The molecule has 3 aromatic rings. The van der Waals surface area contributed by atoms with Gasteiger partial charge < -0.3 is 20.0 Å². The molecule has 1 amide bonds. The normalized spacial score (nSPS) is 10.6. The fourth-order valence-corrected chi connectivity index (χ4v) is 2.67. The lowest BCUT2D eigenvalue weighted by molar-refractivity contribution is -0.255. The Balaban J connectivity index is 1.93. The van der Waals surface area contributed by atoms with Gasteiger partial charge in [-0.15, -0.1) is 0 Å². The van der Waals surface area contributed by atoms with Crippen molar-refractivity contribution in [1.82, 2.24) is 9.78 Å². The van der Waals surface area contributed by atoms with E-state index in [1.807, 2.05) is 6.92 Å². The zero-order valence-electron chi connectivity index (χ0n) is 14.5. The van der Waals surface area contributed by atoms with E-state index >= 15 is 0 Å². The van der Waals surface area contributed by atoms with Gasteiger partial charge in [-0.1, -0.05) is 30.3 Å². The van der Waals surface area contributed by atoms with Gasteiger partial charge in [0.15, 0.2) is 0 Å². The van der Waals surface area contributed by atoms with E-state index in [0.29, 0.717) is 18.0 Å². The molecule has 1 heterocycles. The van der Waals surface area contributed by atoms with Crippen LogP contribution in [0.4, 0.5) is 5.69 Å². The summed E-state index contributed by atoms with van der Waals surface area (Å²) >= 11 is 0. The number of hydrogen-bond donors (Lipinski definition) is 1. The smallest absolute Gasteiger partial charge is 0.275 e. The second-order valence-electron chi connectivity index (χ2n) is 5.62. The van der Waals surface area contributed by atoms with Gasteiger partial charge in [0.25, 0.3) is 5.56 Å². The van der Waals surface area contributed by atoms with Crippen LogP contribution in [0.3, 0.4) is 0 Å². The lowest BCUT2D eigenvalue weighted by Crippen LogP contribution is -2.34. The van der Waals surface area contributed by atoms with Crippen molar-refractivity contribution in [3.8, 4) is 5.75 Å². The van der Waals surface area contributed by atoms with E-state index in [2.05, 4.69) is 10.4 Å². The molecule has 0 fully saturated rings. The van der Waals surface area contributed by atoms with Gasteiger partial charge in [0.05, 0.1) is 23.6 Å². The van der Waals surface area contributed by atoms with Crippen LogP contribution in [0.15, 0.2) is 53.3 Å². The molecule has 0 unspecified atom stereocenters. The highest BCUT2D eigenvalue weighted by molar-refractivity contribution is 6.00. The van der Waals surface area contributed by atoms with Crippen LogP contribution < -0.4 is 20.7 Å².